The van der Waals surface area contributed by atoms with Crippen molar-refractivity contribution in [1.29, 1.82) is 0 Å². The lowest BCUT2D eigenvalue weighted by Crippen LogP contribution is -2.08. The first-order chi connectivity index (χ1) is 8.86. The quantitative estimate of drug-likeness (QED) is 0.826. The number of ether oxygens (including phenoxy) is 1. The Kier molecular flexibility index (Phi) is 4.92. The van der Waals surface area contributed by atoms with Crippen LogP contribution in [0.15, 0.2) is 12.1 Å². The average molecular weight is 266 g/mol. The van der Waals surface area contributed by atoms with Crippen molar-refractivity contribution in [3.05, 3.63) is 28.8 Å². The third kappa shape index (κ3) is 3.71. The van der Waals surface area contributed by atoms with Gasteiger partial charge in [0.15, 0.2) is 0 Å². The molecule has 0 saturated heterocycles. The Morgan fingerprint density at radius 3 is 2.32 bits per heavy atom. The van der Waals surface area contributed by atoms with Gasteiger partial charge in [-0.2, -0.15) is 0 Å². The molecular weight excluding hydrogens is 248 g/mol. The normalized spacial score (nSPS) is 10.5. The highest BCUT2D eigenvalue weighted by Gasteiger charge is 2.17. The first kappa shape index (κ1) is 15.0. The molecule has 0 amide bonds. The summed E-state index contributed by atoms with van der Waals surface area (Å²) >= 11 is 0. The van der Waals surface area contributed by atoms with Crippen LogP contribution < -0.4 is 4.74 Å². The molecule has 0 spiro atoms. The number of aliphatic carboxylic acids is 1. The Hall–Kier alpha value is -2.04. The number of carbonyl (C=O) groups is 2. The molecule has 0 saturated carbocycles. The van der Waals surface area contributed by atoms with Gasteiger partial charge in [0.25, 0.3) is 0 Å². The third-order valence-electron chi connectivity index (χ3n) is 2.92. The zero-order valence-corrected chi connectivity index (χ0v) is 11.3. The van der Waals surface area contributed by atoms with E-state index in [0.717, 1.165) is 5.56 Å². The molecule has 1 aromatic rings. The predicted molar refractivity (Wildman–Crippen MR) is 70.0 cm³/mol. The van der Waals surface area contributed by atoms with Crippen LogP contribution in [0.4, 0.5) is 0 Å². The van der Waals surface area contributed by atoms with Gasteiger partial charge in [0.2, 0.25) is 0 Å². The van der Waals surface area contributed by atoms with E-state index in [-0.39, 0.29) is 24.3 Å². The van der Waals surface area contributed by atoms with Gasteiger partial charge < -0.3 is 14.9 Å². The van der Waals surface area contributed by atoms with E-state index in [1.165, 1.54) is 13.2 Å². The first-order valence-electron chi connectivity index (χ1n) is 6.02. The van der Waals surface area contributed by atoms with Crippen LogP contribution in [-0.2, 0) is 11.2 Å². The summed E-state index contributed by atoms with van der Waals surface area (Å²) in [4.78, 5) is 21.8. The summed E-state index contributed by atoms with van der Waals surface area (Å²) in [6.45, 7) is 3.94. The second-order valence-electron chi connectivity index (χ2n) is 4.60. The van der Waals surface area contributed by atoms with Crippen LogP contribution in [0.25, 0.3) is 0 Å². The molecule has 0 radical (unpaired) electrons. The van der Waals surface area contributed by atoms with Gasteiger partial charge in [0.1, 0.15) is 5.75 Å². The molecule has 1 rings (SSSR count). The highest BCUT2D eigenvalue weighted by Crippen LogP contribution is 2.30. The van der Waals surface area contributed by atoms with Crippen molar-refractivity contribution in [2.75, 3.05) is 7.11 Å². The lowest BCUT2D eigenvalue weighted by atomic mass is 9.94. The lowest BCUT2D eigenvalue weighted by molar-refractivity contribution is -0.136. The maximum atomic E-state index is 11.2. The van der Waals surface area contributed by atoms with E-state index >= 15 is 0 Å². The van der Waals surface area contributed by atoms with E-state index in [1.54, 1.807) is 6.07 Å². The molecular formula is C14H18O5. The van der Waals surface area contributed by atoms with Crippen LogP contribution in [0.1, 0.15) is 47.7 Å². The van der Waals surface area contributed by atoms with Crippen molar-refractivity contribution in [3.63, 3.8) is 0 Å². The molecule has 0 unspecified atom stereocenters. The number of carboxylic acid groups (broad SMARTS) is 2. The molecule has 0 aliphatic carbocycles. The van der Waals surface area contributed by atoms with Crippen molar-refractivity contribution in [2.45, 2.75) is 32.6 Å². The molecule has 19 heavy (non-hydrogen) atoms. The minimum atomic E-state index is -1.08. The monoisotopic (exact) mass is 266 g/mol. The summed E-state index contributed by atoms with van der Waals surface area (Å²) in [6.07, 6.45) is 0.102. The summed E-state index contributed by atoms with van der Waals surface area (Å²) in [5.74, 6) is -1.33. The Morgan fingerprint density at radius 2 is 1.89 bits per heavy atom. The molecule has 0 aliphatic heterocycles. The average Bonchev–Trinajstić information content (AvgIpc) is 2.34. The van der Waals surface area contributed by atoms with E-state index in [9.17, 15) is 14.7 Å². The van der Waals surface area contributed by atoms with Crippen LogP contribution in [0.3, 0.4) is 0 Å². The summed E-state index contributed by atoms with van der Waals surface area (Å²) in [7, 11) is 1.49. The van der Waals surface area contributed by atoms with Gasteiger partial charge in [-0.15, -0.1) is 0 Å². The van der Waals surface area contributed by atoms with Crippen LogP contribution in [-0.4, -0.2) is 29.3 Å². The van der Waals surface area contributed by atoms with Crippen molar-refractivity contribution in [3.8, 4) is 5.75 Å². The summed E-state index contributed by atoms with van der Waals surface area (Å²) < 4.78 is 5.20. The number of aryl methyl sites for hydroxylation is 1. The fraction of sp³-hybridized carbons (Fsp3) is 0.429. The Balaban J connectivity index is 3.28. The summed E-state index contributed by atoms with van der Waals surface area (Å²) in [5, 5.41) is 17.9. The molecule has 0 heterocycles. The Labute approximate surface area is 111 Å². The number of hydrogen-bond acceptors (Lipinski definition) is 3. The minimum Gasteiger partial charge on any atom is -0.496 e. The van der Waals surface area contributed by atoms with Crippen molar-refractivity contribution in [1.82, 2.24) is 0 Å². The van der Waals surface area contributed by atoms with Crippen LogP contribution in [0.5, 0.6) is 5.75 Å². The molecule has 5 heteroatoms. The fourth-order valence-corrected chi connectivity index (χ4v) is 1.92. The molecule has 0 aromatic heterocycles. The van der Waals surface area contributed by atoms with Gasteiger partial charge in [0.05, 0.1) is 12.7 Å². The predicted octanol–water partition coefficient (Wildman–Crippen LogP) is 2.53. The fourth-order valence-electron chi connectivity index (χ4n) is 1.92. The van der Waals surface area contributed by atoms with E-state index in [2.05, 4.69) is 0 Å². The second-order valence-corrected chi connectivity index (χ2v) is 4.60. The van der Waals surface area contributed by atoms with Gasteiger partial charge in [-0.05, 0) is 29.5 Å². The number of hydrogen-bond donors (Lipinski definition) is 2. The second kappa shape index (κ2) is 6.22. The number of aromatic carboxylic acids is 1. The number of carboxylic acids is 2. The van der Waals surface area contributed by atoms with Crippen LogP contribution >= 0.6 is 0 Å². The molecule has 0 atom stereocenters. The molecule has 2 N–H and O–H groups in total. The standard InChI is InChI=1S/C14H18O5/c1-8(2)10-6-9(4-5-13(15)16)11(14(17)18)7-12(10)19-3/h6-8H,4-5H2,1-3H3,(H,15,16)(H,17,18). The largest absolute Gasteiger partial charge is 0.496 e. The summed E-state index contributed by atoms with van der Waals surface area (Å²) in [6, 6.07) is 3.20. The van der Waals surface area contributed by atoms with Gasteiger partial charge in [-0.3, -0.25) is 4.79 Å². The lowest BCUT2D eigenvalue weighted by Gasteiger charge is -2.15. The van der Waals surface area contributed by atoms with Crippen molar-refractivity contribution >= 4 is 11.9 Å². The smallest absolute Gasteiger partial charge is 0.336 e. The third-order valence-corrected chi connectivity index (χ3v) is 2.92. The van der Waals surface area contributed by atoms with E-state index in [0.29, 0.717) is 11.3 Å². The highest BCUT2D eigenvalue weighted by molar-refractivity contribution is 5.90. The van der Waals surface area contributed by atoms with E-state index in [4.69, 9.17) is 9.84 Å². The topological polar surface area (TPSA) is 83.8 Å². The Morgan fingerprint density at radius 1 is 1.26 bits per heavy atom. The van der Waals surface area contributed by atoms with Crippen molar-refractivity contribution in [2.24, 2.45) is 0 Å². The molecule has 1 aromatic carbocycles. The number of rotatable bonds is 6. The number of benzene rings is 1. The molecule has 5 nitrogen and oxygen atoms in total. The van der Waals surface area contributed by atoms with E-state index in [1.807, 2.05) is 13.8 Å². The van der Waals surface area contributed by atoms with Crippen LogP contribution in [0, 0.1) is 0 Å². The number of methoxy groups -OCH3 is 1. The van der Waals surface area contributed by atoms with Gasteiger partial charge >= 0.3 is 11.9 Å². The Bertz CT molecular complexity index is 491. The molecule has 0 aliphatic rings. The first-order valence-corrected chi connectivity index (χ1v) is 6.02. The minimum absolute atomic E-state index is 0.0931. The summed E-state index contributed by atoms with van der Waals surface area (Å²) in [5.41, 5.74) is 1.51. The van der Waals surface area contributed by atoms with Crippen LogP contribution in [0.2, 0.25) is 0 Å². The maximum Gasteiger partial charge on any atom is 0.336 e. The zero-order chi connectivity index (χ0) is 14.6. The van der Waals surface area contributed by atoms with Gasteiger partial charge in [-0.25, -0.2) is 4.79 Å². The molecule has 104 valence electrons. The van der Waals surface area contributed by atoms with Gasteiger partial charge in [0, 0.05) is 6.42 Å². The highest BCUT2D eigenvalue weighted by atomic mass is 16.5. The molecule has 0 bridgehead atoms. The SMILES string of the molecule is COc1cc(C(=O)O)c(CCC(=O)O)cc1C(C)C. The van der Waals surface area contributed by atoms with Gasteiger partial charge in [-0.1, -0.05) is 19.9 Å². The van der Waals surface area contributed by atoms with Crippen molar-refractivity contribution < 1.29 is 24.5 Å². The molecule has 0 fully saturated rings. The maximum absolute atomic E-state index is 11.2. The zero-order valence-electron chi connectivity index (χ0n) is 11.3. The van der Waals surface area contributed by atoms with E-state index < -0.39 is 11.9 Å².